The third-order valence-corrected chi connectivity index (χ3v) is 1.72. The normalized spacial score (nSPS) is 23.2. The Kier molecular flexibility index (Phi) is 3.55. The first-order valence-electron chi connectivity index (χ1n) is 4.05. The molecule has 1 unspecified atom stereocenters. The monoisotopic (exact) mass is 145 g/mol. The molecule has 57 valence electrons. The Morgan fingerprint density at radius 1 is 1.55 bits per heavy atom. The molecule has 0 saturated heterocycles. The molecule has 0 nitrogen and oxygen atoms in total. The summed E-state index contributed by atoms with van der Waals surface area (Å²) in [6, 6.07) is 0. The lowest BCUT2D eigenvalue weighted by Crippen LogP contribution is -1.96. The minimum Gasteiger partial charge on any atom is -0.0910 e. The van der Waals surface area contributed by atoms with E-state index in [9.17, 15) is 0 Å². The zero-order valence-corrected chi connectivity index (χ0v) is 6.72. The van der Waals surface area contributed by atoms with E-state index >= 15 is 0 Å². The molecule has 1 aliphatic carbocycles. The van der Waals surface area contributed by atoms with E-state index in [0.29, 0.717) is 5.92 Å². The first-order chi connectivity index (χ1) is 5.43. The maximum atomic E-state index is 3.57. The molecule has 0 heterocycles. The van der Waals surface area contributed by atoms with E-state index in [1.54, 1.807) is 12.2 Å². The van der Waals surface area contributed by atoms with E-state index in [2.05, 4.69) is 30.9 Å². The smallest absolute Gasteiger partial charge is 0.0386 e. The van der Waals surface area contributed by atoms with Gasteiger partial charge in [-0.25, -0.2) is 0 Å². The Bertz CT molecular complexity index is 210. The van der Waals surface area contributed by atoms with Crippen LogP contribution < -0.4 is 0 Å². The average molecular weight is 145 g/mol. The van der Waals surface area contributed by atoms with E-state index in [1.807, 2.05) is 0 Å². The van der Waals surface area contributed by atoms with Gasteiger partial charge in [-0.1, -0.05) is 30.1 Å². The van der Waals surface area contributed by atoms with Crippen molar-refractivity contribution in [2.75, 3.05) is 0 Å². The minimum atomic E-state index is 0.486. The molecular formula is C11H13. The van der Waals surface area contributed by atoms with Gasteiger partial charge < -0.3 is 0 Å². The quantitative estimate of drug-likeness (QED) is 0.363. The van der Waals surface area contributed by atoms with Crippen LogP contribution in [0.4, 0.5) is 0 Å². The lowest BCUT2D eigenvalue weighted by molar-refractivity contribution is 0.645. The van der Waals surface area contributed by atoms with Crippen molar-refractivity contribution in [2.24, 2.45) is 5.92 Å². The molecule has 0 bridgehead atoms. The molecule has 0 fully saturated rings. The predicted octanol–water partition coefficient (Wildman–Crippen LogP) is 2.74. The molecule has 0 saturated carbocycles. The minimum absolute atomic E-state index is 0.486. The van der Waals surface area contributed by atoms with Crippen LogP contribution in [0, 0.1) is 24.7 Å². The lowest BCUT2D eigenvalue weighted by atomic mass is 9.97. The fraction of sp³-hybridized carbons (Fsp3) is 0.364. The van der Waals surface area contributed by atoms with Crippen molar-refractivity contribution in [1.82, 2.24) is 0 Å². The first-order valence-corrected chi connectivity index (χ1v) is 4.05. The van der Waals surface area contributed by atoms with Crippen molar-refractivity contribution in [3.63, 3.8) is 0 Å². The van der Waals surface area contributed by atoms with Crippen LogP contribution in [0.1, 0.15) is 19.3 Å². The third-order valence-electron chi connectivity index (χ3n) is 1.72. The van der Waals surface area contributed by atoms with Crippen LogP contribution >= 0.6 is 0 Å². The summed E-state index contributed by atoms with van der Waals surface area (Å²) in [5.74, 6) is 6.61. The van der Waals surface area contributed by atoms with Gasteiger partial charge in [-0.2, -0.15) is 0 Å². The first kappa shape index (κ1) is 8.14. The largest absolute Gasteiger partial charge is 0.0910 e. The molecule has 1 rings (SSSR count). The van der Waals surface area contributed by atoms with Crippen molar-refractivity contribution in [2.45, 2.75) is 19.3 Å². The molecule has 1 atom stereocenters. The second-order valence-electron chi connectivity index (χ2n) is 2.66. The van der Waals surface area contributed by atoms with Gasteiger partial charge in [-0.15, -0.1) is 0 Å². The molecule has 1 radical (unpaired) electrons. The number of hydrogen-bond acceptors (Lipinski definition) is 0. The maximum Gasteiger partial charge on any atom is 0.0386 e. The Morgan fingerprint density at radius 2 is 2.45 bits per heavy atom. The summed E-state index contributed by atoms with van der Waals surface area (Å²) < 4.78 is 0. The lowest BCUT2D eigenvalue weighted by Gasteiger charge is -2.08. The molecule has 0 aromatic carbocycles. The zero-order valence-electron chi connectivity index (χ0n) is 6.72. The number of allylic oxidation sites excluding steroid dienone is 4. The van der Waals surface area contributed by atoms with Crippen LogP contribution in [0.25, 0.3) is 0 Å². The van der Waals surface area contributed by atoms with E-state index < -0.39 is 0 Å². The summed E-state index contributed by atoms with van der Waals surface area (Å²) in [6.45, 7) is 3.57. The summed E-state index contributed by atoms with van der Waals surface area (Å²) in [4.78, 5) is 0. The molecular weight excluding hydrogens is 132 g/mol. The SMILES string of the molecule is [CH2]/C=C/C#CC1C=CCCC1. The Labute approximate surface area is 69.0 Å². The summed E-state index contributed by atoms with van der Waals surface area (Å²) in [5, 5.41) is 0. The summed E-state index contributed by atoms with van der Waals surface area (Å²) in [5.41, 5.74) is 0. The molecule has 0 aromatic rings. The summed E-state index contributed by atoms with van der Waals surface area (Å²) >= 11 is 0. The van der Waals surface area contributed by atoms with Gasteiger partial charge in [0.1, 0.15) is 0 Å². The van der Waals surface area contributed by atoms with Crippen molar-refractivity contribution < 1.29 is 0 Å². The van der Waals surface area contributed by atoms with Gasteiger partial charge in [0.2, 0.25) is 0 Å². The van der Waals surface area contributed by atoms with Gasteiger partial charge in [0, 0.05) is 5.92 Å². The van der Waals surface area contributed by atoms with Crippen molar-refractivity contribution in [3.8, 4) is 11.8 Å². The number of hydrogen-bond donors (Lipinski definition) is 0. The van der Waals surface area contributed by atoms with Crippen molar-refractivity contribution >= 4 is 0 Å². The molecule has 0 aliphatic heterocycles. The van der Waals surface area contributed by atoms with E-state index in [0.717, 1.165) is 0 Å². The molecule has 0 spiro atoms. The molecule has 11 heavy (non-hydrogen) atoms. The average Bonchev–Trinajstić information content (AvgIpc) is 2.07. The van der Waals surface area contributed by atoms with Gasteiger partial charge in [0.05, 0.1) is 0 Å². The molecule has 0 heteroatoms. The highest BCUT2D eigenvalue weighted by Crippen LogP contribution is 2.15. The van der Waals surface area contributed by atoms with Crippen LogP contribution in [-0.2, 0) is 0 Å². The standard InChI is InChI=1S/C11H13/c1-2-3-5-8-11-9-6-4-7-10-11/h2-3,6,9,11H,1,4,7,10H2/b3-2+. The second kappa shape index (κ2) is 4.79. The topological polar surface area (TPSA) is 0 Å². The van der Waals surface area contributed by atoms with Gasteiger partial charge >= 0.3 is 0 Å². The third kappa shape index (κ3) is 3.09. The summed E-state index contributed by atoms with van der Waals surface area (Å²) in [7, 11) is 0. The molecule has 1 aliphatic rings. The second-order valence-corrected chi connectivity index (χ2v) is 2.66. The van der Waals surface area contributed by atoms with Gasteiger partial charge in [0.15, 0.2) is 0 Å². The van der Waals surface area contributed by atoms with Crippen molar-refractivity contribution in [3.05, 3.63) is 31.2 Å². The Balaban J connectivity index is 2.43. The zero-order chi connectivity index (χ0) is 7.94. The Morgan fingerprint density at radius 3 is 3.09 bits per heavy atom. The maximum absolute atomic E-state index is 3.57. The van der Waals surface area contributed by atoms with Gasteiger partial charge in [-0.05, 0) is 32.3 Å². The van der Waals surface area contributed by atoms with E-state index in [1.165, 1.54) is 19.3 Å². The van der Waals surface area contributed by atoms with Gasteiger partial charge in [-0.3, -0.25) is 0 Å². The van der Waals surface area contributed by atoms with Crippen LogP contribution in [0.2, 0.25) is 0 Å². The van der Waals surface area contributed by atoms with E-state index in [4.69, 9.17) is 0 Å². The highest BCUT2D eigenvalue weighted by Gasteiger charge is 2.02. The Hall–Kier alpha value is -0.960. The molecule has 0 N–H and O–H groups in total. The fourth-order valence-corrected chi connectivity index (χ4v) is 1.15. The molecule has 0 aromatic heterocycles. The van der Waals surface area contributed by atoms with Crippen LogP contribution in [-0.4, -0.2) is 0 Å². The van der Waals surface area contributed by atoms with E-state index in [-0.39, 0.29) is 0 Å². The highest BCUT2D eigenvalue weighted by molar-refractivity contribution is 5.21. The van der Waals surface area contributed by atoms with Crippen molar-refractivity contribution in [1.29, 1.82) is 0 Å². The highest BCUT2D eigenvalue weighted by atomic mass is 14.1. The summed E-state index contributed by atoms with van der Waals surface area (Å²) in [6.07, 6.45) is 11.7. The van der Waals surface area contributed by atoms with Crippen LogP contribution in [0.5, 0.6) is 0 Å². The predicted molar refractivity (Wildman–Crippen MR) is 48.8 cm³/mol. The van der Waals surface area contributed by atoms with Crippen LogP contribution in [0.3, 0.4) is 0 Å². The molecule has 0 amide bonds. The van der Waals surface area contributed by atoms with Gasteiger partial charge in [0.25, 0.3) is 0 Å². The fourth-order valence-electron chi connectivity index (χ4n) is 1.15. The van der Waals surface area contributed by atoms with Crippen LogP contribution in [0.15, 0.2) is 24.3 Å². The number of rotatable bonds is 0.